The molecule has 0 N–H and O–H groups in total. The average molecular weight is 527 g/mol. The van der Waals surface area contributed by atoms with Crippen molar-refractivity contribution >= 4 is 49.9 Å². The Labute approximate surface area is 198 Å². The fraction of sp³-hybridized carbons (Fsp3) is 0.0435. The van der Waals surface area contributed by atoms with Crippen molar-refractivity contribution in [2.45, 2.75) is 6.42 Å². The summed E-state index contributed by atoms with van der Waals surface area (Å²) in [7, 11) is 0. The second-order valence-corrected chi connectivity index (χ2v) is 9.35. The van der Waals surface area contributed by atoms with E-state index < -0.39 is 5.56 Å². The number of fused-ring (bicyclic) bond motifs is 1. The Morgan fingerprint density at radius 1 is 1.03 bits per heavy atom. The summed E-state index contributed by atoms with van der Waals surface area (Å²) in [4.78, 5) is 29.6. The van der Waals surface area contributed by atoms with E-state index in [4.69, 9.17) is 16.0 Å². The van der Waals surface area contributed by atoms with Gasteiger partial charge in [-0.2, -0.15) is 14.6 Å². The molecule has 0 saturated heterocycles. The Balaban J connectivity index is 1.51. The number of hydrogen-bond donors (Lipinski definition) is 0. The maximum absolute atomic E-state index is 12.9. The van der Waals surface area contributed by atoms with Gasteiger partial charge in [-0.05, 0) is 42.0 Å². The van der Waals surface area contributed by atoms with Crippen LogP contribution < -0.4 is 15.7 Å². The summed E-state index contributed by atoms with van der Waals surface area (Å²) in [6.07, 6.45) is 1.89. The SMILES string of the molecule is O=c1nc2sc(=Cc3ccc(-c4ccc(Br)cc4)o3)c(=O)n2nc1Cc1ccc(Cl)cc1. The van der Waals surface area contributed by atoms with Gasteiger partial charge in [0.15, 0.2) is 0 Å². The van der Waals surface area contributed by atoms with Gasteiger partial charge < -0.3 is 4.42 Å². The van der Waals surface area contributed by atoms with E-state index in [0.29, 0.717) is 21.1 Å². The van der Waals surface area contributed by atoms with Crippen LogP contribution in [-0.2, 0) is 6.42 Å². The first-order valence-electron chi connectivity index (χ1n) is 9.51. The van der Waals surface area contributed by atoms with Crippen LogP contribution in [0.1, 0.15) is 17.0 Å². The highest BCUT2D eigenvalue weighted by Crippen LogP contribution is 2.24. The molecule has 0 radical (unpaired) electrons. The van der Waals surface area contributed by atoms with Gasteiger partial charge in [0.25, 0.3) is 11.1 Å². The molecule has 0 spiro atoms. The average Bonchev–Trinajstić information content (AvgIpc) is 3.36. The highest BCUT2D eigenvalue weighted by molar-refractivity contribution is 9.10. The number of aromatic nitrogens is 3. The highest BCUT2D eigenvalue weighted by Gasteiger charge is 2.12. The summed E-state index contributed by atoms with van der Waals surface area (Å²) < 4.78 is 8.40. The minimum absolute atomic E-state index is 0.196. The van der Waals surface area contributed by atoms with E-state index in [2.05, 4.69) is 26.0 Å². The summed E-state index contributed by atoms with van der Waals surface area (Å²) in [5.74, 6) is 1.21. The molecular formula is C23H13BrClN3O3S. The van der Waals surface area contributed by atoms with Crippen molar-refractivity contribution in [2.24, 2.45) is 0 Å². The molecule has 32 heavy (non-hydrogen) atoms. The summed E-state index contributed by atoms with van der Waals surface area (Å²) in [5, 5.41) is 4.87. The lowest BCUT2D eigenvalue weighted by Crippen LogP contribution is -2.28. The first-order chi connectivity index (χ1) is 15.5. The maximum Gasteiger partial charge on any atom is 0.296 e. The predicted octanol–water partition coefficient (Wildman–Crippen LogP) is 4.33. The number of thiazole rings is 1. The fourth-order valence-corrected chi connectivity index (χ4v) is 4.45. The molecule has 3 aromatic heterocycles. The summed E-state index contributed by atoms with van der Waals surface area (Å²) in [6, 6.07) is 18.5. The number of furan rings is 1. The monoisotopic (exact) mass is 525 g/mol. The molecule has 0 saturated carbocycles. The first kappa shape index (κ1) is 20.8. The quantitative estimate of drug-likeness (QED) is 0.348. The minimum atomic E-state index is -0.455. The second kappa shape index (κ2) is 8.46. The van der Waals surface area contributed by atoms with Crippen molar-refractivity contribution in [1.29, 1.82) is 0 Å². The van der Waals surface area contributed by atoms with Gasteiger partial charge in [0, 0.05) is 27.6 Å². The Morgan fingerprint density at radius 3 is 2.53 bits per heavy atom. The van der Waals surface area contributed by atoms with E-state index in [9.17, 15) is 9.59 Å². The lowest BCUT2D eigenvalue weighted by atomic mass is 10.1. The van der Waals surface area contributed by atoms with E-state index >= 15 is 0 Å². The molecule has 0 unspecified atom stereocenters. The lowest BCUT2D eigenvalue weighted by Gasteiger charge is -2.00. The number of benzene rings is 2. The van der Waals surface area contributed by atoms with Crippen molar-refractivity contribution in [1.82, 2.24) is 14.6 Å². The molecule has 3 heterocycles. The van der Waals surface area contributed by atoms with Gasteiger partial charge in [0.2, 0.25) is 4.96 Å². The van der Waals surface area contributed by atoms with E-state index in [-0.39, 0.29) is 22.6 Å². The van der Waals surface area contributed by atoms with Crippen molar-refractivity contribution in [2.75, 3.05) is 0 Å². The van der Waals surface area contributed by atoms with E-state index in [1.54, 1.807) is 24.3 Å². The zero-order valence-electron chi connectivity index (χ0n) is 16.3. The van der Waals surface area contributed by atoms with E-state index in [1.165, 1.54) is 4.52 Å². The van der Waals surface area contributed by atoms with Crippen molar-refractivity contribution in [3.8, 4) is 11.3 Å². The van der Waals surface area contributed by atoms with Gasteiger partial charge >= 0.3 is 0 Å². The molecule has 0 aliphatic heterocycles. The molecule has 0 fully saturated rings. The Kier molecular flexibility index (Phi) is 5.50. The van der Waals surface area contributed by atoms with Crippen LogP contribution in [0.15, 0.2) is 79.1 Å². The largest absolute Gasteiger partial charge is 0.457 e. The van der Waals surface area contributed by atoms with Crippen LogP contribution in [-0.4, -0.2) is 14.6 Å². The van der Waals surface area contributed by atoms with E-state index in [1.807, 2.05) is 42.5 Å². The molecular weight excluding hydrogens is 514 g/mol. The molecule has 9 heteroatoms. The van der Waals surface area contributed by atoms with Gasteiger partial charge in [-0.1, -0.05) is 63.1 Å². The molecule has 0 aliphatic carbocycles. The zero-order chi connectivity index (χ0) is 22.2. The third-order valence-electron chi connectivity index (χ3n) is 4.76. The molecule has 0 atom stereocenters. The molecule has 158 valence electrons. The predicted molar refractivity (Wildman–Crippen MR) is 128 cm³/mol. The number of rotatable bonds is 4. The smallest absolute Gasteiger partial charge is 0.296 e. The standard InChI is InChI=1S/C23H13BrClN3O3S/c24-15-5-3-14(4-6-15)19-10-9-17(31-19)12-20-22(30)28-23(32-20)26-21(29)18(27-28)11-13-1-7-16(25)8-2-13/h1-10,12H,11H2. The van der Waals surface area contributed by atoms with Crippen LogP contribution in [0, 0.1) is 0 Å². The third-order valence-corrected chi connectivity index (χ3v) is 6.50. The van der Waals surface area contributed by atoms with Gasteiger partial charge in [-0.3, -0.25) is 9.59 Å². The third kappa shape index (κ3) is 4.17. The first-order valence-corrected chi connectivity index (χ1v) is 11.5. The van der Waals surface area contributed by atoms with Crippen LogP contribution >= 0.6 is 38.9 Å². The molecule has 0 aliphatic rings. The highest BCUT2D eigenvalue weighted by atomic mass is 79.9. The van der Waals surface area contributed by atoms with Crippen molar-refractivity contribution < 1.29 is 4.42 Å². The maximum atomic E-state index is 12.9. The summed E-state index contributed by atoms with van der Waals surface area (Å²) >= 11 is 10.4. The number of hydrogen-bond acceptors (Lipinski definition) is 6. The Bertz CT molecular complexity index is 1610. The Hall–Kier alpha value is -3.07. The van der Waals surface area contributed by atoms with E-state index in [0.717, 1.165) is 26.9 Å². The van der Waals surface area contributed by atoms with Gasteiger partial charge in [-0.25, -0.2) is 0 Å². The topological polar surface area (TPSA) is 77.5 Å². The molecule has 0 amide bonds. The Morgan fingerprint density at radius 2 is 1.78 bits per heavy atom. The van der Waals surface area contributed by atoms with Gasteiger partial charge in [0.1, 0.15) is 21.7 Å². The second-order valence-electron chi connectivity index (χ2n) is 6.99. The number of halogens is 2. The van der Waals surface area contributed by atoms with Crippen LogP contribution in [0.25, 0.3) is 22.4 Å². The molecule has 5 rings (SSSR count). The zero-order valence-corrected chi connectivity index (χ0v) is 19.4. The molecule has 2 aromatic carbocycles. The summed E-state index contributed by atoms with van der Waals surface area (Å²) in [6.45, 7) is 0. The molecule has 6 nitrogen and oxygen atoms in total. The van der Waals surface area contributed by atoms with Gasteiger partial charge in [-0.15, -0.1) is 0 Å². The van der Waals surface area contributed by atoms with Crippen molar-refractivity contribution in [3.05, 3.63) is 112 Å². The molecule has 5 aromatic rings. The summed E-state index contributed by atoms with van der Waals surface area (Å²) in [5.41, 5.74) is 1.17. The fourth-order valence-electron chi connectivity index (χ4n) is 3.18. The van der Waals surface area contributed by atoms with Crippen LogP contribution in [0.3, 0.4) is 0 Å². The van der Waals surface area contributed by atoms with Crippen LogP contribution in [0.5, 0.6) is 0 Å². The van der Waals surface area contributed by atoms with Gasteiger partial charge in [0.05, 0.1) is 0 Å². The molecule has 0 bridgehead atoms. The lowest BCUT2D eigenvalue weighted by molar-refractivity contribution is 0.571. The van der Waals surface area contributed by atoms with Crippen LogP contribution in [0.4, 0.5) is 0 Å². The van der Waals surface area contributed by atoms with Crippen molar-refractivity contribution in [3.63, 3.8) is 0 Å². The number of nitrogens with zero attached hydrogens (tertiary/aromatic N) is 3. The normalized spacial score (nSPS) is 12.0. The minimum Gasteiger partial charge on any atom is -0.457 e. The van der Waals surface area contributed by atoms with Crippen LogP contribution in [0.2, 0.25) is 5.02 Å².